The summed E-state index contributed by atoms with van der Waals surface area (Å²) in [6.07, 6.45) is 5.76. The van der Waals surface area contributed by atoms with Crippen molar-refractivity contribution in [3.05, 3.63) is 54.0 Å². The van der Waals surface area contributed by atoms with Crippen LogP contribution in [0, 0.1) is 17.8 Å². The van der Waals surface area contributed by atoms with E-state index in [2.05, 4.69) is 10.6 Å². The Labute approximate surface area is 163 Å². The third-order valence-corrected chi connectivity index (χ3v) is 6.55. The zero-order valence-corrected chi connectivity index (χ0v) is 15.6. The van der Waals surface area contributed by atoms with Gasteiger partial charge in [-0.2, -0.15) is 0 Å². The molecule has 1 spiro atoms. The van der Waals surface area contributed by atoms with E-state index >= 15 is 0 Å². The Balaban J connectivity index is 1.26. The van der Waals surface area contributed by atoms with Crippen molar-refractivity contribution in [1.29, 1.82) is 0 Å². The van der Waals surface area contributed by atoms with Crippen molar-refractivity contribution in [2.75, 3.05) is 6.54 Å². The highest BCUT2D eigenvalue weighted by Gasteiger charge is 2.57. The maximum atomic E-state index is 12.8. The number of carbonyl (C=O) groups excluding carboxylic acids is 2. The predicted octanol–water partition coefficient (Wildman–Crippen LogP) is 2.89. The largest absolute Gasteiger partial charge is 0.469 e. The third kappa shape index (κ3) is 2.87. The maximum Gasteiger partial charge on any atom is 0.258 e. The minimum absolute atomic E-state index is 0.0151. The normalized spacial score (nSPS) is 30.4. The van der Waals surface area contributed by atoms with Gasteiger partial charge in [0.25, 0.3) is 5.91 Å². The number of carbonyl (C=O) groups is 2. The van der Waals surface area contributed by atoms with Gasteiger partial charge in [-0.1, -0.05) is 12.1 Å². The van der Waals surface area contributed by atoms with Crippen molar-refractivity contribution in [2.24, 2.45) is 17.8 Å². The van der Waals surface area contributed by atoms with Gasteiger partial charge in [-0.05, 0) is 49.4 Å². The number of furan rings is 1. The van der Waals surface area contributed by atoms with E-state index in [0.29, 0.717) is 30.7 Å². The maximum absolute atomic E-state index is 12.8. The minimum atomic E-state index is -0.667. The number of hydrogen-bond acceptors (Lipinski definition) is 4. The number of fused-ring (bicyclic) bond motifs is 3. The van der Waals surface area contributed by atoms with Crippen LogP contribution in [0.3, 0.4) is 0 Å². The first-order valence-corrected chi connectivity index (χ1v) is 10.1. The van der Waals surface area contributed by atoms with Crippen LogP contribution in [0.5, 0.6) is 5.75 Å². The molecule has 3 aliphatic carbocycles. The van der Waals surface area contributed by atoms with Crippen molar-refractivity contribution < 1.29 is 18.7 Å². The van der Waals surface area contributed by atoms with Crippen molar-refractivity contribution in [3.8, 4) is 5.75 Å². The van der Waals surface area contributed by atoms with Gasteiger partial charge in [0.05, 0.1) is 11.8 Å². The fourth-order valence-corrected chi connectivity index (χ4v) is 5.18. The lowest BCUT2D eigenvalue weighted by molar-refractivity contribution is -0.146. The first-order valence-electron chi connectivity index (χ1n) is 10.1. The fourth-order valence-electron chi connectivity index (χ4n) is 5.18. The van der Waals surface area contributed by atoms with E-state index in [-0.39, 0.29) is 29.6 Å². The Kier molecular flexibility index (Phi) is 4.14. The van der Waals surface area contributed by atoms with Crippen molar-refractivity contribution in [1.82, 2.24) is 10.6 Å². The van der Waals surface area contributed by atoms with Crippen LogP contribution in [0.25, 0.3) is 0 Å². The Morgan fingerprint density at radius 2 is 2.11 bits per heavy atom. The van der Waals surface area contributed by atoms with Crippen LogP contribution < -0.4 is 15.4 Å². The van der Waals surface area contributed by atoms with Crippen LogP contribution in [-0.2, 0) is 11.2 Å². The van der Waals surface area contributed by atoms with E-state index in [0.717, 1.165) is 25.0 Å². The second-order valence-electron chi connectivity index (χ2n) is 8.14. The molecule has 2 N–H and O–H groups in total. The van der Waals surface area contributed by atoms with E-state index in [4.69, 9.17) is 9.15 Å². The van der Waals surface area contributed by atoms with Gasteiger partial charge in [0.1, 0.15) is 11.5 Å². The standard InChI is InChI=1S/C22H24N2O4/c25-20(23-10-9-16-4-3-11-27-16)18-12-15-8-7-14(18)13-22(15)24-21(26)17-5-1-2-6-19(17)28-22/h1-6,11,14-15,18H,7-10,12-13H2,(H,23,25)(H,24,26)/t14-,15-,18+,22-/m1/s1. The summed E-state index contributed by atoms with van der Waals surface area (Å²) in [5.41, 5.74) is -0.0824. The second kappa shape index (κ2) is 6.69. The number of amides is 2. The highest BCUT2D eigenvalue weighted by atomic mass is 16.5. The number of rotatable bonds is 4. The van der Waals surface area contributed by atoms with Crippen molar-refractivity contribution in [2.45, 2.75) is 37.8 Å². The molecule has 4 atom stereocenters. The summed E-state index contributed by atoms with van der Waals surface area (Å²) in [5.74, 6) is 1.92. The molecule has 6 rings (SSSR count). The molecular formula is C22H24N2O4. The Hall–Kier alpha value is -2.76. The Morgan fingerprint density at radius 1 is 1.21 bits per heavy atom. The molecule has 28 heavy (non-hydrogen) atoms. The topological polar surface area (TPSA) is 80.6 Å². The van der Waals surface area contributed by atoms with Gasteiger partial charge in [0.15, 0.2) is 5.72 Å². The summed E-state index contributed by atoms with van der Waals surface area (Å²) in [7, 11) is 0. The molecule has 1 aromatic heterocycles. The van der Waals surface area contributed by atoms with Crippen molar-refractivity contribution >= 4 is 11.8 Å². The van der Waals surface area contributed by atoms with Gasteiger partial charge in [0.2, 0.25) is 5.91 Å². The zero-order chi connectivity index (χ0) is 19.1. The van der Waals surface area contributed by atoms with Crippen LogP contribution >= 0.6 is 0 Å². The first kappa shape index (κ1) is 17.3. The molecule has 1 aliphatic heterocycles. The summed E-state index contributed by atoms with van der Waals surface area (Å²) >= 11 is 0. The summed E-state index contributed by atoms with van der Waals surface area (Å²) < 4.78 is 11.7. The zero-order valence-electron chi connectivity index (χ0n) is 15.6. The smallest absolute Gasteiger partial charge is 0.258 e. The number of hydrogen-bond donors (Lipinski definition) is 2. The van der Waals surface area contributed by atoms with E-state index < -0.39 is 5.72 Å². The molecule has 3 saturated carbocycles. The molecule has 0 unspecified atom stereocenters. The van der Waals surface area contributed by atoms with Crippen LogP contribution in [0.2, 0.25) is 0 Å². The lowest BCUT2D eigenvalue weighted by Crippen LogP contribution is -2.66. The lowest BCUT2D eigenvalue weighted by Gasteiger charge is -2.55. The molecule has 3 fully saturated rings. The molecule has 2 heterocycles. The number of benzene rings is 1. The summed E-state index contributed by atoms with van der Waals surface area (Å²) in [6.45, 7) is 0.575. The molecule has 1 aromatic carbocycles. The highest BCUT2D eigenvalue weighted by Crippen LogP contribution is 2.52. The average molecular weight is 380 g/mol. The average Bonchev–Trinajstić information content (AvgIpc) is 3.22. The summed E-state index contributed by atoms with van der Waals surface area (Å²) in [5, 5.41) is 6.20. The third-order valence-electron chi connectivity index (χ3n) is 6.55. The van der Waals surface area contributed by atoms with Gasteiger partial charge in [-0.15, -0.1) is 0 Å². The molecule has 6 nitrogen and oxygen atoms in total. The lowest BCUT2D eigenvalue weighted by atomic mass is 9.60. The van der Waals surface area contributed by atoms with Gasteiger partial charge in [0, 0.05) is 31.2 Å². The number of ether oxygens (including phenoxy) is 1. The Morgan fingerprint density at radius 3 is 2.89 bits per heavy atom. The van der Waals surface area contributed by atoms with Crippen LogP contribution in [0.4, 0.5) is 0 Å². The molecule has 2 bridgehead atoms. The van der Waals surface area contributed by atoms with Gasteiger partial charge in [-0.25, -0.2) is 0 Å². The fraction of sp³-hybridized carbons (Fsp3) is 0.455. The molecule has 4 aliphatic rings. The molecule has 146 valence electrons. The van der Waals surface area contributed by atoms with Crippen LogP contribution in [0.1, 0.15) is 41.8 Å². The second-order valence-corrected chi connectivity index (χ2v) is 8.14. The molecule has 0 saturated heterocycles. The Bertz CT molecular complexity index is 894. The van der Waals surface area contributed by atoms with E-state index in [9.17, 15) is 9.59 Å². The van der Waals surface area contributed by atoms with E-state index in [1.807, 2.05) is 30.3 Å². The number of para-hydroxylation sites is 1. The first-order chi connectivity index (χ1) is 13.6. The summed E-state index contributed by atoms with van der Waals surface area (Å²) in [4.78, 5) is 25.4. The SMILES string of the molecule is O=C1N[C@]2(C[C@H]3CC[C@@H]2C[C@@H]3C(=O)NCCc2ccco2)Oc2ccccc21. The minimum Gasteiger partial charge on any atom is -0.469 e. The van der Waals surface area contributed by atoms with Gasteiger partial charge < -0.3 is 19.8 Å². The molecule has 2 amide bonds. The highest BCUT2D eigenvalue weighted by molar-refractivity contribution is 5.98. The molecule has 2 aromatic rings. The van der Waals surface area contributed by atoms with Gasteiger partial charge in [-0.3, -0.25) is 9.59 Å². The quantitative estimate of drug-likeness (QED) is 0.855. The number of nitrogens with one attached hydrogen (secondary N) is 2. The van der Waals surface area contributed by atoms with Crippen molar-refractivity contribution in [3.63, 3.8) is 0 Å². The molecule has 0 radical (unpaired) electrons. The molecular weight excluding hydrogens is 356 g/mol. The predicted molar refractivity (Wildman–Crippen MR) is 102 cm³/mol. The summed E-state index contributed by atoms with van der Waals surface area (Å²) in [6, 6.07) is 11.1. The van der Waals surface area contributed by atoms with Crippen LogP contribution in [0.15, 0.2) is 47.1 Å². The van der Waals surface area contributed by atoms with Crippen LogP contribution in [-0.4, -0.2) is 24.1 Å². The van der Waals surface area contributed by atoms with Gasteiger partial charge >= 0.3 is 0 Å². The van der Waals surface area contributed by atoms with E-state index in [1.165, 1.54) is 0 Å². The monoisotopic (exact) mass is 380 g/mol. The van der Waals surface area contributed by atoms with E-state index in [1.54, 1.807) is 12.3 Å². The molecule has 6 heteroatoms.